The van der Waals surface area contributed by atoms with E-state index in [1.165, 1.54) is 6.07 Å². The van der Waals surface area contributed by atoms with Gasteiger partial charge in [-0.05, 0) is 30.7 Å². The molecule has 28 heavy (non-hydrogen) atoms. The Kier molecular flexibility index (Phi) is 5.88. The summed E-state index contributed by atoms with van der Waals surface area (Å²) in [4.78, 5) is 22.8. The molecule has 2 amide bonds. The van der Waals surface area contributed by atoms with E-state index in [4.69, 9.17) is 11.5 Å². The summed E-state index contributed by atoms with van der Waals surface area (Å²) in [6.45, 7) is 3.41. The van der Waals surface area contributed by atoms with Gasteiger partial charge in [0, 0.05) is 29.6 Å². The minimum absolute atomic E-state index is 0.178. The lowest BCUT2D eigenvalue weighted by Gasteiger charge is -2.18. The number of carbonyl (C=O) groups is 1. The lowest BCUT2D eigenvalue weighted by Crippen LogP contribution is -2.34. The summed E-state index contributed by atoms with van der Waals surface area (Å²) in [5, 5.41) is 2.69. The molecule has 0 aliphatic carbocycles. The van der Waals surface area contributed by atoms with Crippen molar-refractivity contribution in [2.75, 3.05) is 30.7 Å². The molecule has 0 saturated carbocycles. The number of aliphatic imine (C=N–C) groups is 1. The Bertz CT molecular complexity index is 940. The van der Waals surface area contributed by atoms with Crippen LogP contribution in [0.25, 0.3) is 11.3 Å². The number of urea groups is 1. The standard InChI is InChI=1S/C20H23FN6O/c1-2-9-24-10-13-11-27(12-17(13)23)20(28)26-19-16(22)7-8-18(25-19)14-5-3-4-6-15(14)21/h3-8,10H,2,9,11-12,22-23H2,1H3,(H,25,26,28). The van der Waals surface area contributed by atoms with Crippen LogP contribution in [0.2, 0.25) is 0 Å². The van der Waals surface area contributed by atoms with Crippen molar-refractivity contribution in [2.45, 2.75) is 13.3 Å². The SMILES string of the molecule is CCCN=CC1=C(N)CN(C(=O)Nc2nc(-c3ccccc3F)ccc2N)C1. The van der Waals surface area contributed by atoms with Gasteiger partial charge in [0.15, 0.2) is 5.82 Å². The first-order chi connectivity index (χ1) is 13.5. The van der Waals surface area contributed by atoms with Crippen LogP contribution in [0.15, 0.2) is 52.7 Å². The van der Waals surface area contributed by atoms with Gasteiger partial charge in [0.2, 0.25) is 0 Å². The van der Waals surface area contributed by atoms with Crippen molar-refractivity contribution < 1.29 is 9.18 Å². The molecule has 0 spiro atoms. The van der Waals surface area contributed by atoms with Gasteiger partial charge in [0.25, 0.3) is 0 Å². The summed E-state index contributed by atoms with van der Waals surface area (Å²) in [6.07, 6.45) is 2.66. The Morgan fingerprint density at radius 1 is 1.29 bits per heavy atom. The molecular formula is C20H23FN6O. The zero-order chi connectivity index (χ0) is 20.1. The summed E-state index contributed by atoms with van der Waals surface area (Å²) in [5.74, 6) is -0.220. The van der Waals surface area contributed by atoms with Crippen LogP contribution in [0.3, 0.4) is 0 Å². The quantitative estimate of drug-likeness (QED) is 0.691. The zero-order valence-electron chi connectivity index (χ0n) is 15.7. The lowest BCUT2D eigenvalue weighted by atomic mass is 10.1. The average Bonchev–Trinajstić information content (AvgIpc) is 3.05. The fraction of sp³-hybridized carbons (Fsp3) is 0.250. The molecule has 8 heteroatoms. The Hall–Kier alpha value is -3.42. The van der Waals surface area contributed by atoms with Crippen molar-refractivity contribution in [3.05, 3.63) is 53.5 Å². The topological polar surface area (TPSA) is 110 Å². The number of nitrogens with one attached hydrogen (secondary N) is 1. The molecule has 7 nitrogen and oxygen atoms in total. The summed E-state index contributed by atoms with van der Waals surface area (Å²) in [5.41, 5.74) is 14.4. The maximum Gasteiger partial charge on any atom is 0.323 e. The predicted molar refractivity (Wildman–Crippen MR) is 109 cm³/mol. The highest BCUT2D eigenvalue weighted by molar-refractivity contribution is 5.94. The Morgan fingerprint density at radius 2 is 2.07 bits per heavy atom. The minimum Gasteiger partial charge on any atom is -0.400 e. The number of amides is 2. The van der Waals surface area contributed by atoms with E-state index in [9.17, 15) is 9.18 Å². The van der Waals surface area contributed by atoms with Crippen molar-refractivity contribution in [3.8, 4) is 11.3 Å². The number of anilines is 2. The Balaban J connectivity index is 1.73. The van der Waals surface area contributed by atoms with E-state index in [2.05, 4.69) is 15.3 Å². The molecule has 1 aromatic heterocycles. The van der Waals surface area contributed by atoms with E-state index < -0.39 is 5.82 Å². The van der Waals surface area contributed by atoms with Crippen molar-refractivity contribution in [2.24, 2.45) is 10.7 Å². The third-order valence-electron chi connectivity index (χ3n) is 4.32. The molecule has 5 N–H and O–H groups in total. The van der Waals surface area contributed by atoms with Crippen LogP contribution in [-0.4, -0.2) is 41.8 Å². The number of rotatable bonds is 5. The monoisotopic (exact) mass is 382 g/mol. The minimum atomic E-state index is -0.399. The van der Waals surface area contributed by atoms with Crippen molar-refractivity contribution in [1.29, 1.82) is 0 Å². The van der Waals surface area contributed by atoms with E-state index in [1.807, 2.05) is 6.92 Å². The molecule has 3 rings (SSSR count). The second-order valence-corrected chi connectivity index (χ2v) is 6.49. The van der Waals surface area contributed by atoms with Gasteiger partial charge >= 0.3 is 6.03 Å². The summed E-state index contributed by atoms with van der Waals surface area (Å²) in [6, 6.07) is 9.11. The zero-order valence-corrected chi connectivity index (χ0v) is 15.7. The number of hydrogen-bond acceptors (Lipinski definition) is 5. The molecule has 0 unspecified atom stereocenters. The van der Waals surface area contributed by atoms with Crippen molar-refractivity contribution in [1.82, 2.24) is 9.88 Å². The van der Waals surface area contributed by atoms with Gasteiger partial charge in [-0.25, -0.2) is 14.2 Å². The Morgan fingerprint density at radius 3 is 2.82 bits per heavy atom. The molecule has 2 aromatic rings. The maximum absolute atomic E-state index is 14.0. The lowest BCUT2D eigenvalue weighted by molar-refractivity contribution is 0.223. The molecule has 146 valence electrons. The predicted octanol–water partition coefficient (Wildman–Crippen LogP) is 3.01. The number of nitrogens with zero attached hydrogens (tertiary/aromatic N) is 3. The largest absolute Gasteiger partial charge is 0.400 e. The highest BCUT2D eigenvalue weighted by atomic mass is 19.1. The Labute approximate surface area is 163 Å². The molecular weight excluding hydrogens is 359 g/mol. The van der Waals surface area contributed by atoms with Crippen LogP contribution < -0.4 is 16.8 Å². The highest BCUT2D eigenvalue weighted by Gasteiger charge is 2.24. The number of aromatic nitrogens is 1. The molecule has 0 bridgehead atoms. The molecule has 0 radical (unpaired) electrons. The first kappa shape index (κ1) is 19.3. The van der Waals surface area contributed by atoms with Gasteiger partial charge in [-0.3, -0.25) is 10.3 Å². The summed E-state index contributed by atoms with van der Waals surface area (Å²) >= 11 is 0. The molecule has 0 saturated heterocycles. The normalized spacial score (nSPS) is 14.1. The number of pyridine rings is 1. The number of carbonyl (C=O) groups excluding carboxylic acids is 1. The van der Waals surface area contributed by atoms with Crippen LogP contribution in [0.5, 0.6) is 0 Å². The average molecular weight is 382 g/mol. The molecule has 1 aliphatic heterocycles. The summed E-state index contributed by atoms with van der Waals surface area (Å²) < 4.78 is 14.0. The number of halogens is 1. The van der Waals surface area contributed by atoms with E-state index >= 15 is 0 Å². The van der Waals surface area contributed by atoms with Crippen LogP contribution in [0.1, 0.15) is 13.3 Å². The van der Waals surface area contributed by atoms with Gasteiger partial charge in [-0.15, -0.1) is 0 Å². The third-order valence-corrected chi connectivity index (χ3v) is 4.32. The third kappa shape index (κ3) is 4.28. The second-order valence-electron chi connectivity index (χ2n) is 6.49. The number of nitrogen functional groups attached to an aromatic ring is 1. The van der Waals surface area contributed by atoms with Gasteiger partial charge in [-0.2, -0.15) is 0 Å². The first-order valence-electron chi connectivity index (χ1n) is 9.04. The van der Waals surface area contributed by atoms with E-state index in [0.717, 1.165) is 12.0 Å². The maximum atomic E-state index is 14.0. The van der Waals surface area contributed by atoms with Crippen LogP contribution in [0, 0.1) is 5.82 Å². The van der Waals surface area contributed by atoms with Gasteiger partial charge in [-0.1, -0.05) is 19.1 Å². The van der Waals surface area contributed by atoms with Crippen molar-refractivity contribution >= 4 is 23.8 Å². The molecule has 1 aromatic carbocycles. The summed E-state index contributed by atoms with van der Waals surface area (Å²) in [7, 11) is 0. The molecule has 0 fully saturated rings. The molecule has 2 heterocycles. The van der Waals surface area contributed by atoms with Gasteiger partial charge in [0.05, 0.1) is 24.5 Å². The van der Waals surface area contributed by atoms with Gasteiger partial charge in [0.1, 0.15) is 5.82 Å². The number of hydrogen-bond donors (Lipinski definition) is 3. The molecule has 1 aliphatic rings. The van der Waals surface area contributed by atoms with Gasteiger partial charge < -0.3 is 16.4 Å². The van der Waals surface area contributed by atoms with E-state index in [1.54, 1.807) is 41.4 Å². The number of nitrogens with two attached hydrogens (primary N) is 2. The molecule has 0 atom stereocenters. The fourth-order valence-corrected chi connectivity index (χ4v) is 2.81. The smallest absolute Gasteiger partial charge is 0.323 e. The van der Waals surface area contributed by atoms with E-state index in [0.29, 0.717) is 42.3 Å². The van der Waals surface area contributed by atoms with Crippen LogP contribution in [-0.2, 0) is 0 Å². The second kappa shape index (κ2) is 8.51. The van der Waals surface area contributed by atoms with Crippen LogP contribution in [0.4, 0.5) is 20.7 Å². The van der Waals surface area contributed by atoms with Crippen LogP contribution >= 0.6 is 0 Å². The number of benzene rings is 1. The first-order valence-corrected chi connectivity index (χ1v) is 9.04. The fourth-order valence-electron chi connectivity index (χ4n) is 2.81. The van der Waals surface area contributed by atoms with Crippen molar-refractivity contribution in [3.63, 3.8) is 0 Å². The highest BCUT2D eigenvalue weighted by Crippen LogP contribution is 2.26. The van der Waals surface area contributed by atoms with E-state index in [-0.39, 0.29) is 11.8 Å².